The molecule has 0 aliphatic rings. The largest absolute Gasteiger partial charge is 0.322 e. The molecule has 7 nitrogen and oxygen atoms in total. The first-order valence-electron chi connectivity index (χ1n) is 6.97. The van der Waals surface area contributed by atoms with Crippen LogP contribution in [0.15, 0.2) is 36.5 Å². The fourth-order valence-electron chi connectivity index (χ4n) is 1.86. The molecule has 0 fully saturated rings. The van der Waals surface area contributed by atoms with E-state index in [9.17, 15) is 14.4 Å². The Morgan fingerprint density at radius 1 is 1.12 bits per heavy atom. The number of carbonyl (C=O) groups is 3. The monoisotopic (exact) mass is 378 g/mol. The number of hydrogen-bond donors (Lipinski definition) is 3. The zero-order chi connectivity index (χ0) is 18.4. The van der Waals surface area contributed by atoms with E-state index in [4.69, 9.17) is 28.6 Å². The number of Topliss-reactive ketones (excluding diaryl/α,β-unsaturated/α-hetero) is 1. The maximum atomic E-state index is 12.3. The van der Waals surface area contributed by atoms with E-state index in [2.05, 4.69) is 15.6 Å². The van der Waals surface area contributed by atoms with E-state index < -0.39 is 17.6 Å². The van der Waals surface area contributed by atoms with Crippen LogP contribution in [0.3, 0.4) is 0 Å². The number of aromatic nitrogens is 1. The van der Waals surface area contributed by atoms with Crippen LogP contribution in [0.4, 0.5) is 11.5 Å². The van der Waals surface area contributed by atoms with Crippen LogP contribution in [0.5, 0.6) is 0 Å². The Labute approximate surface area is 152 Å². The molecule has 25 heavy (non-hydrogen) atoms. The molecule has 0 aliphatic heterocycles. The highest BCUT2D eigenvalue weighted by atomic mass is 35.5. The summed E-state index contributed by atoms with van der Waals surface area (Å²) < 4.78 is 0. The zero-order valence-electron chi connectivity index (χ0n) is 12.7. The van der Waals surface area contributed by atoms with E-state index in [1.54, 1.807) is 6.07 Å². The van der Waals surface area contributed by atoms with Crippen molar-refractivity contribution in [2.75, 3.05) is 10.6 Å². The third-order valence-electron chi connectivity index (χ3n) is 2.99. The average molecular weight is 379 g/mol. The molecule has 3 N–H and O–H groups in total. The Morgan fingerprint density at radius 2 is 1.80 bits per heavy atom. The fourth-order valence-corrected chi connectivity index (χ4v) is 2.43. The number of hydrogen-bond acceptors (Lipinski definition) is 5. The quantitative estimate of drug-likeness (QED) is 0.529. The van der Waals surface area contributed by atoms with Crippen molar-refractivity contribution in [3.05, 3.63) is 52.1 Å². The van der Waals surface area contributed by atoms with E-state index in [-0.39, 0.29) is 27.8 Å². The summed E-state index contributed by atoms with van der Waals surface area (Å²) >= 11 is 12.0. The zero-order valence-corrected chi connectivity index (χ0v) is 14.2. The topological polar surface area (TPSA) is 112 Å². The van der Waals surface area contributed by atoms with Crippen LogP contribution >= 0.6 is 23.2 Å². The molecule has 0 aliphatic carbocycles. The lowest BCUT2D eigenvalue weighted by Gasteiger charge is -2.09. The molecule has 0 radical (unpaired) electrons. The van der Waals surface area contributed by atoms with Gasteiger partial charge in [0.25, 0.3) is 11.8 Å². The number of ketones is 1. The first-order chi connectivity index (χ1) is 11.9. The number of rotatable bonds is 6. The number of benzene rings is 1. The second-order valence-electron chi connectivity index (χ2n) is 4.77. The van der Waals surface area contributed by atoms with Crippen molar-refractivity contribution in [2.45, 2.75) is 6.42 Å². The molecular weight excluding hydrogens is 367 g/mol. The van der Waals surface area contributed by atoms with Crippen molar-refractivity contribution >= 4 is 58.5 Å². The van der Waals surface area contributed by atoms with Gasteiger partial charge in [0.2, 0.25) is 5.78 Å². The first kappa shape index (κ1) is 18.6. The molecule has 1 heterocycles. The summed E-state index contributed by atoms with van der Waals surface area (Å²) in [4.78, 5) is 39.2. The van der Waals surface area contributed by atoms with Crippen LogP contribution < -0.4 is 10.6 Å². The SMILES string of the molecule is N=CCC(=O)C(=O)Nc1cc(NC(=O)c2c(Cl)cccc2Cl)ccn1. The van der Waals surface area contributed by atoms with Crippen molar-refractivity contribution in [1.29, 1.82) is 5.41 Å². The van der Waals surface area contributed by atoms with Crippen molar-refractivity contribution in [3.8, 4) is 0 Å². The number of anilines is 2. The summed E-state index contributed by atoms with van der Waals surface area (Å²) in [5.41, 5.74) is 0.445. The predicted octanol–water partition coefficient (Wildman–Crippen LogP) is 3.19. The van der Waals surface area contributed by atoms with Crippen LogP contribution in [-0.4, -0.2) is 28.8 Å². The van der Waals surface area contributed by atoms with Crippen molar-refractivity contribution in [2.24, 2.45) is 0 Å². The molecule has 2 amide bonds. The lowest BCUT2D eigenvalue weighted by atomic mass is 10.2. The number of pyridine rings is 1. The molecule has 0 saturated heterocycles. The molecule has 1 aromatic heterocycles. The summed E-state index contributed by atoms with van der Waals surface area (Å²) in [5, 5.41) is 12.1. The minimum absolute atomic E-state index is 0.0754. The summed E-state index contributed by atoms with van der Waals surface area (Å²) in [5.74, 6) is -2.12. The van der Waals surface area contributed by atoms with Crippen molar-refractivity contribution in [3.63, 3.8) is 0 Å². The lowest BCUT2D eigenvalue weighted by Crippen LogP contribution is -2.23. The van der Waals surface area contributed by atoms with E-state index in [0.29, 0.717) is 5.69 Å². The van der Waals surface area contributed by atoms with Gasteiger partial charge < -0.3 is 16.0 Å². The van der Waals surface area contributed by atoms with Gasteiger partial charge in [-0.2, -0.15) is 0 Å². The number of carbonyl (C=O) groups excluding carboxylic acids is 3. The summed E-state index contributed by atoms with van der Waals surface area (Å²) in [6.07, 6.45) is 1.88. The van der Waals surface area contributed by atoms with Crippen LogP contribution in [0.25, 0.3) is 0 Å². The number of nitrogens with zero attached hydrogens (tertiary/aromatic N) is 1. The Bertz CT molecular complexity index is 835. The number of nitrogens with one attached hydrogen (secondary N) is 3. The highest BCUT2D eigenvalue weighted by molar-refractivity contribution is 6.42. The second-order valence-corrected chi connectivity index (χ2v) is 5.58. The molecule has 0 spiro atoms. The molecule has 128 valence electrons. The molecule has 0 bridgehead atoms. The minimum atomic E-state index is -0.895. The molecule has 9 heteroatoms. The van der Waals surface area contributed by atoms with Gasteiger partial charge in [-0.25, -0.2) is 4.98 Å². The molecule has 0 atom stereocenters. The van der Waals surface area contributed by atoms with Crippen LogP contribution in [-0.2, 0) is 9.59 Å². The summed E-state index contributed by atoms with van der Waals surface area (Å²) in [7, 11) is 0. The normalized spacial score (nSPS) is 10.0. The van der Waals surface area contributed by atoms with Gasteiger partial charge in [-0.15, -0.1) is 0 Å². The highest BCUT2D eigenvalue weighted by Crippen LogP contribution is 2.25. The summed E-state index contributed by atoms with van der Waals surface area (Å²) in [6, 6.07) is 7.56. The Morgan fingerprint density at radius 3 is 2.44 bits per heavy atom. The van der Waals surface area contributed by atoms with Crippen LogP contribution in [0, 0.1) is 5.41 Å². The van der Waals surface area contributed by atoms with E-state index in [0.717, 1.165) is 6.21 Å². The van der Waals surface area contributed by atoms with Crippen molar-refractivity contribution < 1.29 is 14.4 Å². The van der Waals surface area contributed by atoms with Gasteiger partial charge >= 0.3 is 0 Å². The molecule has 2 aromatic rings. The molecular formula is C16H12Cl2N4O3. The molecule has 1 aromatic carbocycles. The summed E-state index contributed by atoms with van der Waals surface area (Å²) in [6.45, 7) is 0. The average Bonchev–Trinajstić information content (AvgIpc) is 2.55. The lowest BCUT2D eigenvalue weighted by molar-refractivity contribution is -0.134. The third kappa shape index (κ3) is 4.85. The fraction of sp³-hybridized carbons (Fsp3) is 0.0625. The molecule has 0 saturated carbocycles. The van der Waals surface area contributed by atoms with Crippen molar-refractivity contribution in [1.82, 2.24) is 4.98 Å². The van der Waals surface area contributed by atoms with Gasteiger partial charge in [-0.05, 0) is 18.2 Å². The second kappa shape index (κ2) is 8.36. The van der Waals surface area contributed by atoms with E-state index in [1.807, 2.05) is 0 Å². The Kier molecular flexibility index (Phi) is 6.21. The third-order valence-corrected chi connectivity index (χ3v) is 3.62. The van der Waals surface area contributed by atoms with Crippen LogP contribution in [0.2, 0.25) is 10.0 Å². The van der Waals surface area contributed by atoms with Crippen LogP contribution in [0.1, 0.15) is 16.8 Å². The first-order valence-corrected chi connectivity index (χ1v) is 7.72. The molecule has 2 rings (SSSR count). The minimum Gasteiger partial charge on any atom is -0.322 e. The van der Waals surface area contributed by atoms with Gasteiger partial charge in [0, 0.05) is 24.2 Å². The maximum absolute atomic E-state index is 12.3. The highest BCUT2D eigenvalue weighted by Gasteiger charge is 2.16. The van der Waals surface area contributed by atoms with Gasteiger partial charge in [-0.1, -0.05) is 29.3 Å². The number of halogens is 2. The standard InChI is InChI=1S/C16H12Cl2N4O3/c17-10-2-1-3-11(18)14(10)16(25)21-9-5-7-20-13(8-9)22-15(24)12(23)4-6-19/h1-3,5-8,19H,4H2,(H2,20,21,22,24,25). The van der Waals surface area contributed by atoms with Gasteiger partial charge in [0.1, 0.15) is 5.82 Å². The van der Waals surface area contributed by atoms with Gasteiger partial charge in [0.15, 0.2) is 0 Å². The van der Waals surface area contributed by atoms with Gasteiger partial charge in [0.05, 0.1) is 22.0 Å². The van der Waals surface area contributed by atoms with E-state index >= 15 is 0 Å². The Balaban J connectivity index is 2.14. The molecule has 0 unspecified atom stereocenters. The smallest absolute Gasteiger partial charge is 0.293 e. The number of amides is 2. The predicted molar refractivity (Wildman–Crippen MR) is 95.7 cm³/mol. The Hall–Kier alpha value is -2.77. The van der Waals surface area contributed by atoms with E-state index in [1.165, 1.54) is 30.5 Å². The van der Waals surface area contributed by atoms with Gasteiger partial charge in [-0.3, -0.25) is 14.4 Å². The maximum Gasteiger partial charge on any atom is 0.293 e.